The smallest absolute Gasteiger partial charge is 0.230 e. The third-order valence-electron chi connectivity index (χ3n) is 3.40. The van der Waals surface area contributed by atoms with E-state index in [1.807, 2.05) is 12.1 Å². The highest BCUT2D eigenvalue weighted by molar-refractivity contribution is 6.31. The number of benzene rings is 1. The molecule has 2 aromatic rings. The maximum Gasteiger partial charge on any atom is 0.230 e. The minimum atomic E-state index is 0.316. The van der Waals surface area contributed by atoms with Gasteiger partial charge in [-0.05, 0) is 43.4 Å². The van der Waals surface area contributed by atoms with Gasteiger partial charge in [-0.25, -0.2) is 0 Å². The Morgan fingerprint density at radius 1 is 1.47 bits per heavy atom. The van der Waals surface area contributed by atoms with Crippen LogP contribution in [0.25, 0.3) is 11.1 Å². The number of anilines is 1. The van der Waals surface area contributed by atoms with Crippen molar-refractivity contribution in [3.05, 3.63) is 28.9 Å². The molecule has 3 rings (SSSR count). The van der Waals surface area contributed by atoms with Crippen LogP contribution in [0, 0.1) is 5.92 Å². The summed E-state index contributed by atoms with van der Waals surface area (Å²) in [4.78, 5) is 0. The molecule has 0 saturated heterocycles. The molecular weight excluding hydrogens is 264 g/mol. The van der Waals surface area contributed by atoms with Crippen LogP contribution in [0.1, 0.15) is 18.5 Å². The fourth-order valence-corrected chi connectivity index (χ4v) is 2.41. The van der Waals surface area contributed by atoms with Gasteiger partial charge in [-0.1, -0.05) is 16.8 Å². The van der Waals surface area contributed by atoms with Crippen molar-refractivity contribution in [2.45, 2.75) is 19.3 Å². The van der Waals surface area contributed by atoms with E-state index in [1.54, 1.807) is 13.2 Å². The molecule has 1 aromatic carbocycles. The van der Waals surface area contributed by atoms with Crippen molar-refractivity contribution in [1.82, 2.24) is 5.16 Å². The highest BCUT2D eigenvalue weighted by atomic mass is 35.5. The average molecular weight is 279 g/mol. The molecule has 2 N–H and O–H groups in total. The van der Waals surface area contributed by atoms with Crippen molar-refractivity contribution in [2.75, 3.05) is 12.8 Å². The molecule has 1 saturated carbocycles. The molecule has 0 aliphatic heterocycles. The van der Waals surface area contributed by atoms with Crippen LogP contribution in [0.2, 0.25) is 5.02 Å². The molecule has 1 aliphatic carbocycles. The van der Waals surface area contributed by atoms with Gasteiger partial charge in [0.25, 0.3) is 0 Å². The largest absolute Gasteiger partial charge is 0.496 e. The molecule has 5 heteroatoms. The fourth-order valence-electron chi connectivity index (χ4n) is 2.24. The molecule has 100 valence electrons. The minimum absolute atomic E-state index is 0.316. The molecule has 0 radical (unpaired) electrons. The quantitative estimate of drug-likeness (QED) is 0.929. The van der Waals surface area contributed by atoms with E-state index in [0.717, 1.165) is 29.0 Å². The molecule has 1 heterocycles. The second kappa shape index (κ2) is 4.78. The molecular formula is C14H15ClN2O2. The van der Waals surface area contributed by atoms with Crippen LogP contribution in [0.5, 0.6) is 5.75 Å². The number of nitrogens with two attached hydrogens (primary N) is 1. The molecule has 0 amide bonds. The lowest BCUT2D eigenvalue weighted by molar-refractivity contribution is 0.416. The first-order valence-electron chi connectivity index (χ1n) is 6.27. The van der Waals surface area contributed by atoms with E-state index in [-0.39, 0.29) is 0 Å². The first kappa shape index (κ1) is 12.4. The van der Waals surface area contributed by atoms with E-state index >= 15 is 0 Å². The van der Waals surface area contributed by atoms with Gasteiger partial charge in [0, 0.05) is 10.6 Å². The number of hydrogen-bond acceptors (Lipinski definition) is 4. The van der Waals surface area contributed by atoms with Crippen molar-refractivity contribution in [1.29, 1.82) is 0 Å². The number of nitrogens with zero attached hydrogens (tertiary/aromatic N) is 1. The predicted molar refractivity (Wildman–Crippen MR) is 74.3 cm³/mol. The molecule has 1 aliphatic rings. The van der Waals surface area contributed by atoms with E-state index in [1.165, 1.54) is 12.8 Å². The zero-order valence-electron chi connectivity index (χ0n) is 10.6. The van der Waals surface area contributed by atoms with Gasteiger partial charge in [0.15, 0.2) is 0 Å². The van der Waals surface area contributed by atoms with Gasteiger partial charge in [-0.15, -0.1) is 0 Å². The Labute approximate surface area is 116 Å². The summed E-state index contributed by atoms with van der Waals surface area (Å²) in [6.45, 7) is 0. The molecule has 1 fully saturated rings. The summed E-state index contributed by atoms with van der Waals surface area (Å²) < 4.78 is 10.5. The van der Waals surface area contributed by atoms with E-state index in [9.17, 15) is 0 Å². The second-order valence-corrected chi connectivity index (χ2v) is 5.30. The minimum Gasteiger partial charge on any atom is -0.496 e. The highest BCUT2D eigenvalue weighted by Gasteiger charge is 2.27. The van der Waals surface area contributed by atoms with E-state index in [4.69, 9.17) is 26.6 Å². The lowest BCUT2D eigenvalue weighted by Gasteiger charge is -2.09. The topological polar surface area (TPSA) is 61.3 Å². The molecule has 4 nitrogen and oxygen atoms in total. The summed E-state index contributed by atoms with van der Waals surface area (Å²) in [6.07, 6.45) is 3.39. The fraction of sp³-hybridized carbons (Fsp3) is 0.357. The zero-order chi connectivity index (χ0) is 13.4. The van der Waals surface area contributed by atoms with E-state index < -0.39 is 0 Å². The van der Waals surface area contributed by atoms with Gasteiger partial charge in [-0.3, -0.25) is 0 Å². The molecule has 0 bridgehead atoms. The van der Waals surface area contributed by atoms with Crippen molar-refractivity contribution >= 4 is 17.5 Å². The van der Waals surface area contributed by atoms with Gasteiger partial charge >= 0.3 is 0 Å². The van der Waals surface area contributed by atoms with Crippen molar-refractivity contribution in [3.8, 4) is 16.9 Å². The Hall–Kier alpha value is -1.68. The molecule has 0 unspecified atom stereocenters. The Balaban J connectivity index is 2.09. The number of aromatic nitrogens is 1. The lowest BCUT2D eigenvalue weighted by Crippen LogP contribution is -1.95. The first-order valence-corrected chi connectivity index (χ1v) is 6.64. The SMILES string of the molecule is COc1ccc(Cl)cc1-c1c(CC2CC2)noc1N. The van der Waals surface area contributed by atoms with Crippen LogP contribution >= 0.6 is 11.6 Å². The van der Waals surface area contributed by atoms with Gasteiger partial charge in [0.1, 0.15) is 5.75 Å². The summed E-state index contributed by atoms with van der Waals surface area (Å²) in [5.41, 5.74) is 8.45. The normalized spacial score (nSPS) is 14.6. The van der Waals surface area contributed by atoms with Crippen molar-refractivity contribution in [3.63, 3.8) is 0 Å². The van der Waals surface area contributed by atoms with Gasteiger partial charge < -0.3 is 15.0 Å². The average Bonchev–Trinajstić information content (AvgIpc) is 3.13. The number of ether oxygens (including phenoxy) is 1. The second-order valence-electron chi connectivity index (χ2n) is 4.86. The maximum absolute atomic E-state index is 6.07. The van der Waals surface area contributed by atoms with E-state index in [2.05, 4.69) is 5.16 Å². The van der Waals surface area contributed by atoms with Gasteiger partial charge in [0.2, 0.25) is 5.88 Å². The van der Waals surface area contributed by atoms with Crippen LogP contribution in [0.4, 0.5) is 5.88 Å². The summed E-state index contributed by atoms with van der Waals surface area (Å²) in [5.74, 6) is 1.74. The number of halogens is 1. The number of rotatable bonds is 4. The third-order valence-corrected chi connectivity index (χ3v) is 3.63. The van der Waals surface area contributed by atoms with Gasteiger partial charge in [0.05, 0.1) is 18.4 Å². The van der Waals surface area contributed by atoms with Crippen LogP contribution in [0.15, 0.2) is 22.7 Å². The zero-order valence-corrected chi connectivity index (χ0v) is 11.4. The van der Waals surface area contributed by atoms with Crippen LogP contribution < -0.4 is 10.5 Å². The highest BCUT2D eigenvalue weighted by Crippen LogP contribution is 2.41. The summed E-state index contributed by atoms with van der Waals surface area (Å²) in [5, 5.41) is 4.71. The van der Waals surface area contributed by atoms with Crippen LogP contribution in [0.3, 0.4) is 0 Å². The van der Waals surface area contributed by atoms with Crippen molar-refractivity contribution in [2.24, 2.45) is 5.92 Å². The Kier molecular flexibility index (Phi) is 3.11. The number of hydrogen-bond donors (Lipinski definition) is 1. The standard InChI is InChI=1S/C14H15ClN2O2/c1-18-12-5-4-9(15)7-10(12)13-11(6-8-2-3-8)17-19-14(13)16/h4-5,7-8H,2-3,6,16H2,1H3. The Morgan fingerprint density at radius 3 is 2.95 bits per heavy atom. The monoisotopic (exact) mass is 278 g/mol. The summed E-state index contributed by atoms with van der Waals surface area (Å²) in [7, 11) is 1.62. The first-order chi connectivity index (χ1) is 9.19. The molecule has 0 spiro atoms. The van der Waals surface area contributed by atoms with Crippen LogP contribution in [-0.4, -0.2) is 12.3 Å². The molecule has 19 heavy (non-hydrogen) atoms. The Bertz CT molecular complexity index is 605. The van der Waals surface area contributed by atoms with Crippen molar-refractivity contribution < 1.29 is 9.26 Å². The summed E-state index contributed by atoms with van der Waals surface area (Å²) in [6, 6.07) is 5.44. The summed E-state index contributed by atoms with van der Waals surface area (Å²) >= 11 is 6.07. The Morgan fingerprint density at radius 2 is 2.26 bits per heavy atom. The molecule has 1 aromatic heterocycles. The van der Waals surface area contributed by atoms with Crippen LogP contribution in [-0.2, 0) is 6.42 Å². The third kappa shape index (κ3) is 2.40. The predicted octanol–water partition coefficient (Wildman–Crippen LogP) is 3.54. The van der Waals surface area contributed by atoms with E-state index in [0.29, 0.717) is 16.8 Å². The maximum atomic E-state index is 6.07. The lowest BCUT2D eigenvalue weighted by atomic mass is 10.0. The van der Waals surface area contributed by atoms with Gasteiger partial charge in [-0.2, -0.15) is 0 Å². The number of methoxy groups -OCH3 is 1. The molecule has 0 atom stereocenters. The number of nitrogen functional groups attached to an aromatic ring is 1.